The van der Waals surface area contributed by atoms with Gasteiger partial charge in [-0.2, -0.15) is 0 Å². The number of methoxy groups -OCH3 is 1. The maximum absolute atomic E-state index is 13.8. The van der Waals surface area contributed by atoms with E-state index in [-0.39, 0.29) is 35.9 Å². The molecule has 1 atom stereocenters. The van der Waals surface area contributed by atoms with Crippen LogP contribution >= 0.6 is 51.2 Å². The average Bonchev–Trinajstić information content (AvgIpc) is 3.06. The Morgan fingerprint density at radius 1 is 1.50 bits per heavy atom. The molecule has 0 radical (unpaired) electrons. The highest BCUT2D eigenvalue weighted by Gasteiger charge is 2.13. The molecule has 0 aliphatic rings. The molecule has 0 bridgehead atoms. The summed E-state index contributed by atoms with van der Waals surface area (Å²) in [4.78, 5) is 10.8. The Hall–Kier alpha value is -0.780. The van der Waals surface area contributed by atoms with Crippen LogP contribution in [0.3, 0.4) is 0 Å². The SMILES string of the molecule is CN=C(NCc1cc(Br)ccc1F)N(C)Cc1csc(C(C)OC)n1.I. The van der Waals surface area contributed by atoms with Crippen molar-refractivity contribution in [3.8, 4) is 0 Å². The zero-order chi connectivity index (χ0) is 18.4. The van der Waals surface area contributed by atoms with Crippen LogP contribution in [0.25, 0.3) is 0 Å². The molecule has 1 aromatic carbocycles. The molecule has 26 heavy (non-hydrogen) atoms. The number of benzene rings is 1. The van der Waals surface area contributed by atoms with Crippen LogP contribution in [-0.4, -0.2) is 37.0 Å². The van der Waals surface area contributed by atoms with Crippen molar-refractivity contribution < 1.29 is 9.13 Å². The van der Waals surface area contributed by atoms with Crippen molar-refractivity contribution in [3.63, 3.8) is 0 Å². The van der Waals surface area contributed by atoms with Gasteiger partial charge >= 0.3 is 0 Å². The van der Waals surface area contributed by atoms with Gasteiger partial charge in [0.25, 0.3) is 0 Å². The lowest BCUT2D eigenvalue weighted by Gasteiger charge is -2.21. The van der Waals surface area contributed by atoms with Gasteiger partial charge in [-0.05, 0) is 25.1 Å². The summed E-state index contributed by atoms with van der Waals surface area (Å²) in [6.45, 7) is 2.93. The van der Waals surface area contributed by atoms with E-state index in [9.17, 15) is 4.39 Å². The molecule has 9 heteroatoms. The van der Waals surface area contributed by atoms with E-state index in [1.54, 1.807) is 37.6 Å². The van der Waals surface area contributed by atoms with Gasteiger partial charge < -0.3 is 15.0 Å². The van der Waals surface area contributed by atoms with Crippen LogP contribution in [0.2, 0.25) is 0 Å². The van der Waals surface area contributed by atoms with Gasteiger partial charge in [0.2, 0.25) is 0 Å². The first-order chi connectivity index (χ1) is 11.9. The lowest BCUT2D eigenvalue weighted by Crippen LogP contribution is -2.38. The predicted octanol–water partition coefficient (Wildman–Crippen LogP) is 4.58. The number of halogens is 3. The number of guanidine groups is 1. The molecule has 5 nitrogen and oxygen atoms in total. The van der Waals surface area contributed by atoms with Crippen LogP contribution in [0.5, 0.6) is 0 Å². The third-order valence-corrected chi connectivity index (χ3v) is 5.24. The molecule has 1 heterocycles. The normalized spacial score (nSPS) is 12.5. The summed E-state index contributed by atoms with van der Waals surface area (Å²) in [5.41, 5.74) is 1.52. The Balaban J connectivity index is 0.00000338. The van der Waals surface area contributed by atoms with E-state index in [0.29, 0.717) is 24.6 Å². The molecule has 0 saturated carbocycles. The molecule has 0 aliphatic heterocycles. The highest BCUT2D eigenvalue weighted by molar-refractivity contribution is 14.0. The Kier molecular flexibility index (Phi) is 9.98. The monoisotopic (exact) mass is 556 g/mol. The second kappa shape index (κ2) is 11.2. The van der Waals surface area contributed by atoms with Crippen molar-refractivity contribution in [3.05, 3.63) is 50.1 Å². The van der Waals surface area contributed by atoms with Gasteiger partial charge in [0.1, 0.15) is 16.9 Å². The third-order valence-electron chi connectivity index (χ3n) is 3.69. The lowest BCUT2D eigenvalue weighted by molar-refractivity contribution is 0.119. The number of nitrogens with one attached hydrogen (secondary N) is 1. The van der Waals surface area contributed by atoms with Gasteiger partial charge in [-0.15, -0.1) is 35.3 Å². The maximum Gasteiger partial charge on any atom is 0.194 e. The molecular weight excluding hydrogens is 534 g/mol. The highest BCUT2D eigenvalue weighted by Crippen LogP contribution is 2.21. The molecule has 1 unspecified atom stereocenters. The number of thiazole rings is 1. The molecule has 2 aromatic rings. The van der Waals surface area contributed by atoms with E-state index >= 15 is 0 Å². The van der Waals surface area contributed by atoms with Gasteiger partial charge in [-0.25, -0.2) is 9.37 Å². The Bertz CT molecular complexity index is 743. The first-order valence-corrected chi connectivity index (χ1v) is 9.44. The summed E-state index contributed by atoms with van der Waals surface area (Å²) >= 11 is 4.94. The van der Waals surface area contributed by atoms with Crippen molar-refractivity contribution in [2.45, 2.75) is 26.1 Å². The number of aliphatic imine (C=N–C) groups is 1. The second-order valence-electron chi connectivity index (χ2n) is 5.55. The van der Waals surface area contributed by atoms with Gasteiger partial charge in [0.05, 0.1) is 12.2 Å². The Morgan fingerprint density at radius 2 is 2.23 bits per heavy atom. The summed E-state index contributed by atoms with van der Waals surface area (Å²) in [5, 5.41) is 6.15. The number of hydrogen-bond donors (Lipinski definition) is 1. The van der Waals surface area contributed by atoms with E-state index in [0.717, 1.165) is 15.2 Å². The van der Waals surface area contributed by atoms with Crippen LogP contribution in [-0.2, 0) is 17.8 Å². The number of hydrogen-bond acceptors (Lipinski definition) is 4. The van der Waals surface area contributed by atoms with E-state index in [2.05, 4.69) is 31.2 Å². The molecular formula is C17H23BrFIN4OS. The fourth-order valence-electron chi connectivity index (χ4n) is 2.24. The zero-order valence-electron chi connectivity index (χ0n) is 15.1. The van der Waals surface area contributed by atoms with Gasteiger partial charge in [-0.1, -0.05) is 15.9 Å². The zero-order valence-corrected chi connectivity index (χ0v) is 19.9. The standard InChI is InChI=1S/C17H22BrFN4OS.HI/c1-11(24-4)16-22-14(10-25-16)9-23(3)17(20-2)21-8-12-7-13(18)5-6-15(12)19;/h5-7,10-11H,8-9H2,1-4H3,(H,20,21);1H. The summed E-state index contributed by atoms with van der Waals surface area (Å²) in [6, 6.07) is 4.89. The van der Waals surface area contributed by atoms with Crippen LogP contribution in [0.4, 0.5) is 4.39 Å². The minimum absolute atomic E-state index is 0. The second-order valence-corrected chi connectivity index (χ2v) is 7.35. The highest BCUT2D eigenvalue weighted by atomic mass is 127. The largest absolute Gasteiger partial charge is 0.375 e. The topological polar surface area (TPSA) is 49.8 Å². The van der Waals surface area contributed by atoms with Gasteiger partial charge in [0.15, 0.2) is 5.96 Å². The number of rotatable bonds is 6. The van der Waals surface area contributed by atoms with Crippen LogP contribution in [0.15, 0.2) is 33.0 Å². The fourth-order valence-corrected chi connectivity index (χ4v) is 3.49. The minimum atomic E-state index is -0.244. The number of ether oxygens (including phenoxy) is 1. The molecule has 0 spiro atoms. The van der Waals surface area contributed by atoms with Crippen molar-refractivity contribution in [1.82, 2.24) is 15.2 Å². The van der Waals surface area contributed by atoms with E-state index in [1.807, 2.05) is 24.3 Å². The summed E-state index contributed by atoms with van der Waals surface area (Å²) < 4.78 is 20.0. The smallest absolute Gasteiger partial charge is 0.194 e. The van der Waals surface area contributed by atoms with Crippen LogP contribution in [0.1, 0.15) is 29.3 Å². The van der Waals surface area contributed by atoms with Crippen LogP contribution in [0, 0.1) is 5.82 Å². The minimum Gasteiger partial charge on any atom is -0.375 e. The van der Waals surface area contributed by atoms with Gasteiger partial charge in [0, 0.05) is 43.2 Å². The first kappa shape index (κ1) is 23.3. The number of nitrogens with zero attached hydrogens (tertiary/aromatic N) is 3. The summed E-state index contributed by atoms with van der Waals surface area (Å²) in [6.07, 6.45) is -0.0130. The average molecular weight is 557 g/mol. The fraction of sp³-hybridized carbons (Fsp3) is 0.412. The first-order valence-electron chi connectivity index (χ1n) is 7.77. The molecule has 1 aromatic heterocycles. The van der Waals surface area contributed by atoms with Crippen LogP contribution < -0.4 is 5.32 Å². The quantitative estimate of drug-likeness (QED) is 0.321. The molecule has 0 aliphatic carbocycles. The number of aromatic nitrogens is 1. The van der Waals surface area contributed by atoms with E-state index < -0.39 is 0 Å². The molecule has 0 fully saturated rings. The molecule has 144 valence electrons. The Morgan fingerprint density at radius 3 is 2.88 bits per heavy atom. The maximum atomic E-state index is 13.8. The molecule has 2 rings (SSSR count). The van der Waals surface area contributed by atoms with E-state index in [4.69, 9.17) is 4.74 Å². The lowest BCUT2D eigenvalue weighted by atomic mass is 10.2. The van der Waals surface area contributed by atoms with Crippen molar-refractivity contribution >= 4 is 57.2 Å². The van der Waals surface area contributed by atoms with Gasteiger partial charge in [-0.3, -0.25) is 4.99 Å². The van der Waals surface area contributed by atoms with Crippen molar-refractivity contribution in [2.75, 3.05) is 21.2 Å². The van der Waals surface area contributed by atoms with Crippen molar-refractivity contribution in [2.24, 2.45) is 4.99 Å². The molecule has 0 saturated heterocycles. The molecule has 0 amide bonds. The van der Waals surface area contributed by atoms with Crippen molar-refractivity contribution in [1.29, 1.82) is 0 Å². The van der Waals surface area contributed by atoms with E-state index in [1.165, 1.54) is 6.07 Å². The molecule has 1 N–H and O–H groups in total. The third kappa shape index (κ3) is 6.43. The Labute approximate surface area is 183 Å². The summed E-state index contributed by atoms with van der Waals surface area (Å²) in [5.74, 6) is 0.431. The summed E-state index contributed by atoms with van der Waals surface area (Å²) in [7, 11) is 5.30. The predicted molar refractivity (Wildman–Crippen MR) is 119 cm³/mol.